The zero-order valence-electron chi connectivity index (χ0n) is 16.5. The fourth-order valence-corrected chi connectivity index (χ4v) is 3.36. The molecule has 4 aromatic rings. The summed E-state index contributed by atoms with van der Waals surface area (Å²) in [5, 5.41) is 2.94. The summed E-state index contributed by atoms with van der Waals surface area (Å²) in [6.45, 7) is 2.66. The van der Waals surface area contributed by atoms with Crippen molar-refractivity contribution in [3.63, 3.8) is 0 Å². The zero-order chi connectivity index (χ0) is 20.4. The number of nitrogens with one attached hydrogen (secondary N) is 1. The smallest absolute Gasteiger partial charge is 0.257 e. The number of ether oxygens (including phenoxy) is 1. The van der Waals surface area contributed by atoms with Crippen LogP contribution in [-0.4, -0.2) is 34.1 Å². The van der Waals surface area contributed by atoms with E-state index in [0.717, 1.165) is 24.0 Å². The third kappa shape index (κ3) is 3.35. The molecule has 7 nitrogen and oxygen atoms in total. The molecule has 7 heteroatoms. The molecule has 0 aliphatic rings. The van der Waals surface area contributed by atoms with Gasteiger partial charge in [0.15, 0.2) is 5.65 Å². The lowest BCUT2D eigenvalue weighted by molar-refractivity contribution is 0.0955. The van der Waals surface area contributed by atoms with Gasteiger partial charge in [-0.15, -0.1) is 0 Å². The molecular formula is C22H23N5O2. The molecule has 0 aliphatic heterocycles. The highest BCUT2D eigenvalue weighted by Gasteiger charge is 2.24. The first-order valence-electron chi connectivity index (χ1n) is 9.63. The molecule has 1 amide bonds. The van der Waals surface area contributed by atoms with Crippen LogP contribution in [0.1, 0.15) is 30.1 Å². The molecule has 0 aliphatic carbocycles. The van der Waals surface area contributed by atoms with Crippen molar-refractivity contribution in [2.75, 3.05) is 19.4 Å². The molecule has 0 spiro atoms. The van der Waals surface area contributed by atoms with Crippen LogP contribution in [0, 0.1) is 0 Å². The summed E-state index contributed by atoms with van der Waals surface area (Å²) in [5.74, 6) is 0.746. The number of benzene rings is 2. The Morgan fingerprint density at radius 3 is 2.62 bits per heavy atom. The second-order valence-electron chi connectivity index (χ2n) is 6.79. The van der Waals surface area contributed by atoms with Crippen LogP contribution in [-0.2, 0) is 0 Å². The van der Waals surface area contributed by atoms with E-state index in [0.29, 0.717) is 40.4 Å². The van der Waals surface area contributed by atoms with Crippen molar-refractivity contribution in [2.24, 2.45) is 0 Å². The monoisotopic (exact) mass is 389 g/mol. The molecule has 0 fully saturated rings. The van der Waals surface area contributed by atoms with Crippen LogP contribution in [0.3, 0.4) is 0 Å². The van der Waals surface area contributed by atoms with Crippen LogP contribution in [0.15, 0.2) is 48.5 Å². The second kappa shape index (κ2) is 7.79. The van der Waals surface area contributed by atoms with Crippen LogP contribution >= 0.6 is 0 Å². The Labute approximate surface area is 168 Å². The van der Waals surface area contributed by atoms with Gasteiger partial charge in [-0.05, 0) is 30.7 Å². The molecule has 29 heavy (non-hydrogen) atoms. The van der Waals surface area contributed by atoms with Crippen molar-refractivity contribution < 1.29 is 9.53 Å². The minimum atomic E-state index is -0.243. The van der Waals surface area contributed by atoms with E-state index >= 15 is 0 Å². The molecule has 2 aromatic heterocycles. The molecule has 0 unspecified atom stereocenters. The summed E-state index contributed by atoms with van der Waals surface area (Å²) in [6.07, 6.45) is 1.89. The predicted molar refractivity (Wildman–Crippen MR) is 115 cm³/mol. The first-order chi connectivity index (χ1) is 14.1. The van der Waals surface area contributed by atoms with Crippen molar-refractivity contribution in [1.82, 2.24) is 19.9 Å². The summed E-state index contributed by atoms with van der Waals surface area (Å²) in [4.78, 5) is 22.5. The van der Waals surface area contributed by atoms with E-state index < -0.39 is 0 Å². The Balaban J connectivity index is 1.97. The van der Waals surface area contributed by atoms with E-state index in [-0.39, 0.29) is 5.91 Å². The maximum absolute atomic E-state index is 13.0. The summed E-state index contributed by atoms with van der Waals surface area (Å²) in [5.41, 5.74) is 10.1. The molecule has 0 saturated carbocycles. The number of para-hydroxylation sites is 2. The van der Waals surface area contributed by atoms with Crippen molar-refractivity contribution in [3.8, 4) is 11.4 Å². The quantitative estimate of drug-likeness (QED) is 0.490. The molecule has 0 saturated heterocycles. The second-order valence-corrected chi connectivity index (χ2v) is 6.79. The van der Waals surface area contributed by atoms with Crippen LogP contribution in [0.2, 0.25) is 0 Å². The molecule has 2 aromatic carbocycles. The molecule has 148 valence electrons. The van der Waals surface area contributed by atoms with Gasteiger partial charge in [0.25, 0.3) is 5.91 Å². The summed E-state index contributed by atoms with van der Waals surface area (Å²) in [6, 6.07) is 15.0. The minimum Gasteiger partial charge on any atom is -0.497 e. The number of methoxy groups -OCH3 is 1. The number of nitrogens with two attached hydrogens (primary N) is 1. The largest absolute Gasteiger partial charge is 0.497 e. The van der Waals surface area contributed by atoms with Gasteiger partial charge in [-0.3, -0.25) is 9.36 Å². The number of unbranched alkanes of at least 4 members (excludes halogenated alkanes) is 1. The minimum absolute atomic E-state index is 0.243. The number of anilines is 1. The van der Waals surface area contributed by atoms with Crippen molar-refractivity contribution in [3.05, 3.63) is 54.1 Å². The van der Waals surface area contributed by atoms with Crippen LogP contribution in [0.25, 0.3) is 27.9 Å². The highest BCUT2D eigenvalue weighted by Crippen LogP contribution is 2.31. The Kier molecular flexibility index (Phi) is 5.03. The first-order valence-corrected chi connectivity index (χ1v) is 9.63. The molecule has 0 atom stereocenters. The number of fused-ring (bicyclic) bond motifs is 2. The van der Waals surface area contributed by atoms with Gasteiger partial charge in [0.05, 0.1) is 23.8 Å². The van der Waals surface area contributed by atoms with Gasteiger partial charge < -0.3 is 15.8 Å². The molecule has 0 radical (unpaired) electrons. The summed E-state index contributed by atoms with van der Waals surface area (Å²) < 4.78 is 7.10. The van der Waals surface area contributed by atoms with Gasteiger partial charge in [0.1, 0.15) is 22.6 Å². The van der Waals surface area contributed by atoms with Gasteiger partial charge >= 0.3 is 0 Å². The standard InChI is InChI=1S/C22H23N5O2/c1-3-4-12-24-22(28)18-19-21(26-17-11-6-5-10-16(17)25-19)27(20(18)23)14-8-7-9-15(13-14)29-2/h5-11,13H,3-4,12,23H2,1-2H3,(H,24,28). The summed E-state index contributed by atoms with van der Waals surface area (Å²) >= 11 is 0. The van der Waals surface area contributed by atoms with Crippen LogP contribution in [0.4, 0.5) is 5.82 Å². The Morgan fingerprint density at radius 2 is 1.90 bits per heavy atom. The molecular weight excluding hydrogens is 366 g/mol. The molecule has 3 N–H and O–H groups in total. The highest BCUT2D eigenvalue weighted by atomic mass is 16.5. The first kappa shape index (κ1) is 18.7. The average molecular weight is 389 g/mol. The molecule has 4 rings (SSSR count). The number of hydrogen-bond donors (Lipinski definition) is 2. The van der Waals surface area contributed by atoms with Gasteiger partial charge in [0.2, 0.25) is 0 Å². The maximum Gasteiger partial charge on any atom is 0.257 e. The number of rotatable bonds is 6. The SMILES string of the molecule is CCCCNC(=O)c1c(N)n(-c2cccc(OC)c2)c2nc3ccccc3nc12. The number of nitrogens with zero attached hydrogens (tertiary/aromatic N) is 3. The van der Waals surface area contributed by atoms with E-state index in [1.165, 1.54) is 0 Å². The number of carbonyl (C=O) groups excluding carboxylic acids is 1. The number of nitrogen functional groups attached to an aromatic ring is 1. The summed E-state index contributed by atoms with van der Waals surface area (Å²) in [7, 11) is 1.61. The lowest BCUT2D eigenvalue weighted by atomic mass is 10.2. The van der Waals surface area contributed by atoms with Crippen molar-refractivity contribution in [1.29, 1.82) is 0 Å². The van der Waals surface area contributed by atoms with Gasteiger partial charge in [-0.1, -0.05) is 31.5 Å². The zero-order valence-corrected chi connectivity index (χ0v) is 16.5. The van der Waals surface area contributed by atoms with Crippen molar-refractivity contribution >= 4 is 33.9 Å². The third-order valence-corrected chi connectivity index (χ3v) is 4.85. The van der Waals surface area contributed by atoms with E-state index in [1.54, 1.807) is 11.7 Å². The number of amides is 1. The normalized spacial score (nSPS) is 11.1. The van der Waals surface area contributed by atoms with Crippen LogP contribution in [0.5, 0.6) is 5.75 Å². The van der Waals surface area contributed by atoms with Crippen LogP contribution < -0.4 is 15.8 Å². The average Bonchev–Trinajstić information content (AvgIpc) is 3.03. The predicted octanol–water partition coefficient (Wildman–Crippen LogP) is 3.69. The Morgan fingerprint density at radius 1 is 1.14 bits per heavy atom. The fraction of sp³-hybridized carbons (Fsp3) is 0.227. The number of aromatic nitrogens is 3. The van der Waals surface area contributed by atoms with E-state index in [1.807, 2.05) is 48.5 Å². The van der Waals surface area contributed by atoms with Crippen molar-refractivity contribution in [2.45, 2.75) is 19.8 Å². The fourth-order valence-electron chi connectivity index (χ4n) is 3.36. The topological polar surface area (TPSA) is 95.1 Å². The lowest BCUT2D eigenvalue weighted by Gasteiger charge is -2.09. The number of hydrogen-bond acceptors (Lipinski definition) is 5. The molecule has 0 bridgehead atoms. The maximum atomic E-state index is 13.0. The highest BCUT2D eigenvalue weighted by molar-refractivity contribution is 6.11. The Bertz CT molecular complexity index is 1200. The van der Waals surface area contributed by atoms with E-state index in [9.17, 15) is 4.79 Å². The van der Waals surface area contributed by atoms with Gasteiger partial charge in [0, 0.05) is 12.6 Å². The van der Waals surface area contributed by atoms with E-state index in [4.69, 9.17) is 20.4 Å². The third-order valence-electron chi connectivity index (χ3n) is 4.85. The van der Waals surface area contributed by atoms with E-state index in [2.05, 4.69) is 12.2 Å². The molecule has 2 heterocycles. The lowest BCUT2D eigenvalue weighted by Crippen LogP contribution is -2.25. The van der Waals surface area contributed by atoms with Gasteiger partial charge in [-0.25, -0.2) is 9.97 Å². The number of carbonyl (C=O) groups is 1. The van der Waals surface area contributed by atoms with Gasteiger partial charge in [-0.2, -0.15) is 0 Å². The Hall–Kier alpha value is -3.61.